The fraction of sp³-hybridized carbons (Fsp3) is 0.429. The van der Waals surface area contributed by atoms with Gasteiger partial charge in [0.1, 0.15) is 0 Å². The highest BCUT2D eigenvalue weighted by Gasteiger charge is 2.52. The Morgan fingerprint density at radius 1 is 0.917 bits per heavy atom. The predicted molar refractivity (Wildman–Crippen MR) is 114 cm³/mol. The molecule has 0 saturated heterocycles. The molecule has 3 rings (SSSR count). The number of hydrogen-bond acceptors (Lipinski definition) is 1. The zero-order valence-corrected chi connectivity index (χ0v) is 18.0. The highest BCUT2D eigenvalue weighted by Crippen LogP contribution is 2.49. The lowest BCUT2D eigenvalue weighted by Gasteiger charge is -2.43. The standard InChI is InChI=1S/C21H27IOSi/c1-20(2,3)24(18-10-6-4-7-11-18,19-12-8-5-9-13-19)23-17-21(16-22)14-15-21/h4-13H,14-17H2,1-3H3. The van der Waals surface area contributed by atoms with Gasteiger partial charge in [0.05, 0.1) is 0 Å². The van der Waals surface area contributed by atoms with Crippen molar-refractivity contribution in [3.63, 3.8) is 0 Å². The first kappa shape index (κ1) is 18.1. The molecule has 0 heterocycles. The van der Waals surface area contributed by atoms with Crippen molar-refractivity contribution in [3.8, 4) is 0 Å². The van der Waals surface area contributed by atoms with Crippen LogP contribution in [0.3, 0.4) is 0 Å². The Bertz CT molecular complexity index is 620. The molecule has 1 saturated carbocycles. The van der Waals surface area contributed by atoms with Crippen molar-refractivity contribution in [2.24, 2.45) is 5.41 Å². The first-order chi connectivity index (χ1) is 11.4. The topological polar surface area (TPSA) is 9.23 Å². The van der Waals surface area contributed by atoms with Gasteiger partial charge in [0, 0.05) is 16.4 Å². The van der Waals surface area contributed by atoms with Gasteiger partial charge < -0.3 is 4.43 Å². The van der Waals surface area contributed by atoms with Crippen LogP contribution in [-0.2, 0) is 4.43 Å². The van der Waals surface area contributed by atoms with Gasteiger partial charge in [0.2, 0.25) is 0 Å². The largest absolute Gasteiger partial charge is 0.407 e. The first-order valence-electron chi connectivity index (χ1n) is 8.75. The third-order valence-corrected chi connectivity index (χ3v) is 11.9. The van der Waals surface area contributed by atoms with Gasteiger partial charge in [-0.2, -0.15) is 0 Å². The Morgan fingerprint density at radius 3 is 1.71 bits per heavy atom. The van der Waals surface area contributed by atoms with E-state index in [9.17, 15) is 0 Å². The molecule has 24 heavy (non-hydrogen) atoms. The molecule has 3 heteroatoms. The summed E-state index contributed by atoms with van der Waals surface area (Å²) in [5, 5.41) is 2.85. The molecule has 0 N–H and O–H groups in total. The van der Waals surface area contributed by atoms with Gasteiger partial charge in [-0.15, -0.1) is 0 Å². The molecule has 0 unspecified atom stereocenters. The molecule has 1 fully saturated rings. The lowest BCUT2D eigenvalue weighted by atomic mass is 10.2. The molecule has 0 radical (unpaired) electrons. The molecule has 0 amide bonds. The van der Waals surface area contributed by atoms with Gasteiger partial charge in [-0.05, 0) is 28.3 Å². The monoisotopic (exact) mass is 450 g/mol. The Kier molecular flexibility index (Phi) is 5.24. The van der Waals surface area contributed by atoms with Crippen LogP contribution in [0.4, 0.5) is 0 Å². The van der Waals surface area contributed by atoms with Crippen LogP contribution >= 0.6 is 22.6 Å². The maximum absolute atomic E-state index is 7.02. The van der Waals surface area contributed by atoms with Gasteiger partial charge in [-0.1, -0.05) is 104 Å². The molecule has 2 aromatic carbocycles. The fourth-order valence-corrected chi connectivity index (χ4v) is 9.18. The van der Waals surface area contributed by atoms with Crippen molar-refractivity contribution in [2.45, 2.75) is 38.7 Å². The summed E-state index contributed by atoms with van der Waals surface area (Å²) in [6.07, 6.45) is 2.63. The summed E-state index contributed by atoms with van der Waals surface area (Å²) < 4.78 is 8.22. The number of halogens is 1. The Labute approximate surface area is 161 Å². The van der Waals surface area contributed by atoms with E-state index in [0.29, 0.717) is 5.41 Å². The average molecular weight is 450 g/mol. The van der Waals surface area contributed by atoms with Gasteiger partial charge in [-0.3, -0.25) is 0 Å². The quantitative estimate of drug-likeness (QED) is 0.350. The SMILES string of the molecule is CC(C)(C)[Si](OCC1(CI)CC1)(c1ccccc1)c1ccccc1. The predicted octanol–water partition coefficient (Wildman–Crippen LogP) is 4.78. The number of benzene rings is 2. The van der Waals surface area contributed by atoms with Crippen LogP contribution in [0, 0.1) is 5.41 Å². The van der Waals surface area contributed by atoms with Crippen LogP contribution in [0.2, 0.25) is 5.04 Å². The lowest BCUT2D eigenvalue weighted by molar-refractivity contribution is 0.237. The van der Waals surface area contributed by atoms with E-state index in [0.717, 1.165) is 6.61 Å². The second-order valence-electron chi connectivity index (χ2n) is 8.09. The molecule has 0 spiro atoms. The zero-order chi connectivity index (χ0) is 17.3. The van der Waals surface area contributed by atoms with Gasteiger partial charge >= 0.3 is 0 Å². The van der Waals surface area contributed by atoms with E-state index >= 15 is 0 Å². The molecule has 0 aromatic heterocycles. The minimum absolute atomic E-state index is 0.0804. The van der Waals surface area contributed by atoms with Gasteiger partial charge in [0.25, 0.3) is 8.32 Å². The summed E-state index contributed by atoms with van der Waals surface area (Å²) in [5.74, 6) is 0. The second-order valence-corrected chi connectivity index (χ2v) is 13.2. The maximum atomic E-state index is 7.02. The van der Waals surface area contributed by atoms with Crippen LogP contribution in [0.5, 0.6) is 0 Å². The van der Waals surface area contributed by atoms with Crippen molar-refractivity contribution in [3.05, 3.63) is 60.7 Å². The minimum Gasteiger partial charge on any atom is -0.407 e. The van der Waals surface area contributed by atoms with Crippen molar-refractivity contribution < 1.29 is 4.43 Å². The first-order valence-corrected chi connectivity index (χ1v) is 12.2. The number of hydrogen-bond donors (Lipinski definition) is 0. The molecule has 2 aromatic rings. The van der Waals surface area contributed by atoms with Crippen LogP contribution in [0.1, 0.15) is 33.6 Å². The molecule has 0 atom stereocenters. The van der Waals surface area contributed by atoms with Crippen molar-refractivity contribution >= 4 is 41.3 Å². The van der Waals surface area contributed by atoms with E-state index in [1.165, 1.54) is 27.6 Å². The third-order valence-electron chi connectivity index (χ3n) is 5.25. The summed E-state index contributed by atoms with van der Waals surface area (Å²) in [5.41, 5.74) is 0.424. The summed E-state index contributed by atoms with van der Waals surface area (Å²) in [6.45, 7) is 7.94. The second kappa shape index (κ2) is 6.93. The number of alkyl halides is 1. The highest BCUT2D eigenvalue weighted by molar-refractivity contribution is 14.1. The smallest absolute Gasteiger partial charge is 0.261 e. The summed E-state index contributed by atoms with van der Waals surface area (Å²) in [4.78, 5) is 0. The van der Waals surface area contributed by atoms with E-state index in [1.807, 2.05) is 0 Å². The van der Waals surface area contributed by atoms with E-state index in [2.05, 4.69) is 104 Å². The molecule has 0 aliphatic heterocycles. The maximum Gasteiger partial charge on any atom is 0.261 e. The van der Waals surface area contributed by atoms with E-state index < -0.39 is 8.32 Å². The number of rotatable bonds is 6. The molecule has 128 valence electrons. The molecular weight excluding hydrogens is 423 g/mol. The van der Waals surface area contributed by atoms with E-state index in [1.54, 1.807) is 0 Å². The zero-order valence-electron chi connectivity index (χ0n) is 14.9. The highest BCUT2D eigenvalue weighted by atomic mass is 127. The van der Waals surface area contributed by atoms with Crippen molar-refractivity contribution in [1.29, 1.82) is 0 Å². The Morgan fingerprint density at radius 2 is 1.38 bits per heavy atom. The van der Waals surface area contributed by atoms with Crippen molar-refractivity contribution in [2.75, 3.05) is 11.0 Å². The van der Waals surface area contributed by atoms with E-state index in [4.69, 9.17) is 4.43 Å². The fourth-order valence-electron chi connectivity index (χ4n) is 3.52. The van der Waals surface area contributed by atoms with Crippen LogP contribution in [0.25, 0.3) is 0 Å². The lowest BCUT2D eigenvalue weighted by Crippen LogP contribution is -2.67. The summed E-state index contributed by atoms with van der Waals surface area (Å²) >= 11 is 2.53. The minimum atomic E-state index is -2.34. The van der Waals surface area contributed by atoms with E-state index in [-0.39, 0.29) is 5.04 Å². The van der Waals surface area contributed by atoms with Crippen LogP contribution in [-0.4, -0.2) is 19.4 Å². The van der Waals surface area contributed by atoms with Crippen LogP contribution in [0.15, 0.2) is 60.7 Å². The molecular formula is C21H27IOSi. The Hall–Kier alpha value is -0.653. The van der Waals surface area contributed by atoms with Crippen molar-refractivity contribution in [1.82, 2.24) is 0 Å². The average Bonchev–Trinajstić information content (AvgIpc) is 3.37. The van der Waals surface area contributed by atoms with Gasteiger partial charge in [0.15, 0.2) is 0 Å². The summed E-state index contributed by atoms with van der Waals surface area (Å²) in [7, 11) is -2.34. The molecule has 1 aliphatic carbocycles. The normalized spacial score (nSPS) is 16.8. The Balaban J connectivity index is 2.10. The third kappa shape index (κ3) is 3.35. The molecule has 1 nitrogen and oxygen atoms in total. The summed E-state index contributed by atoms with van der Waals surface area (Å²) in [6, 6.07) is 21.9. The molecule has 1 aliphatic rings. The van der Waals surface area contributed by atoms with Gasteiger partial charge in [-0.25, -0.2) is 0 Å². The van der Waals surface area contributed by atoms with Crippen LogP contribution < -0.4 is 10.4 Å². The molecule has 0 bridgehead atoms.